The lowest BCUT2D eigenvalue weighted by molar-refractivity contribution is -0.133. The van der Waals surface area contributed by atoms with Crippen molar-refractivity contribution >= 4 is 11.8 Å². The number of carbonyl (C=O) groups is 2. The Labute approximate surface area is 150 Å². The van der Waals surface area contributed by atoms with Gasteiger partial charge in [0.25, 0.3) is 0 Å². The SMILES string of the molecule is O=C(CN1CCN(C(=O)CCCc2ccccc2)CC1)NCC1CC1. The van der Waals surface area contributed by atoms with Gasteiger partial charge in [-0.25, -0.2) is 0 Å². The van der Waals surface area contributed by atoms with E-state index in [1.54, 1.807) is 0 Å². The number of aryl methyl sites for hydroxylation is 1. The summed E-state index contributed by atoms with van der Waals surface area (Å²) in [4.78, 5) is 28.3. The zero-order valence-electron chi connectivity index (χ0n) is 15.0. The van der Waals surface area contributed by atoms with Crippen LogP contribution in [0.4, 0.5) is 0 Å². The molecule has 1 saturated heterocycles. The summed E-state index contributed by atoms with van der Waals surface area (Å²) in [6.07, 6.45) is 4.97. The smallest absolute Gasteiger partial charge is 0.234 e. The van der Waals surface area contributed by atoms with Crippen molar-refractivity contribution in [3.05, 3.63) is 35.9 Å². The first-order valence-electron chi connectivity index (χ1n) is 9.51. The lowest BCUT2D eigenvalue weighted by Gasteiger charge is -2.34. The summed E-state index contributed by atoms with van der Waals surface area (Å²) in [7, 11) is 0. The third kappa shape index (κ3) is 6.16. The Kier molecular flexibility index (Phi) is 6.45. The van der Waals surface area contributed by atoms with E-state index in [1.165, 1.54) is 18.4 Å². The summed E-state index contributed by atoms with van der Waals surface area (Å²) in [6.45, 7) is 4.35. The van der Waals surface area contributed by atoms with E-state index < -0.39 is 0 Å². The number of carbonyl (C=O) groups excluding carboxylic acids is 2. The fraction of sp³-hybridized carbons (Fsp3) is 0.600. The van der Waals surface area contributed by atoms with Crippen LogP contribution in [-0.4, -0.2) is 60.9 Å². The molecule has 1 aromatic rings. The molecule has 3 rings (SSSR count). The van der Waals surface area contributed by atoms with Crippen molar-refractivity contribution in [2.24, 2.45) is 5.92 Å². The second-order valence-electron chi connectivity index (χ2n) is 7.24. The summed E-state index contributed by atoms with van der Waals surface area (Å²) in [5, 5.41) is 3.01. The van der Waals surface area contributed by atoms with E-state index in [2.05, 4.69) is 22.3 Å². The van der Waals surface area contributed by atoms with E-state index in [0.29, 0.717) is 18.9 Å². The second kappa shape index (κ2) is 8.99. The van der Waals surface area contributed by atoms with Crippen LogP contribution in [0.25, 0.3) is 0 Å². The molecule has 1 aliphatic carbocycles. The van der Waals surface area contributed by atoms with E-state index in [-0.39, 0.29) is 11.8 Å². The van der Waals surface area contributed by atoms with Crippen molar-refractivity contribution in [3.63, 3.8) is 0 Å². The van der Waals surface area contributed by atoms with Crippen molar-refractivity contribution in [3.8, 4) is 0 Å². The molecule has 5 heteroatoms. The van der Waals surface area contributed by atoms with Gasteiger partial charge in [0.05, 0.1) is 6.54 Å². The first kappa shape index (κ1) is 17.9. The van der Waals surface area contributed by atoms with Crippen LogP contribution in [-0.2, 0) is 16.0 Å². The first-order valence-corrected chi connectivity index (χ1v) is 9.51. The molecule has 0 unspecified atom stereocenters. The monoisotopic (exact) mass is 343 g/mol. The molecule has 5 nitrogen and oxygen atoms in total. The van der Waals surface area contributed by atoms with Gasteiger partial charge in [-0.2, -0.15) is 0 Å². The molecular weight excluding hydrogens is 314 g/mol. The van der Waals surface area contributed by atoms with E-state index in [9.17, 15) is 9.59 Å². The van der Waals surface area contributed by atoms with Crippen molar-refractivity contribution in [2.75, 3.05) is 39.3 Å². The van der Waals surface area contributed by atoms with Crippen LogP contribution in [0.5, 0.6) is 0 Å². The Bertz CT molecular complexity index is 564. The summed E-state index contributed by atoms with van der Waals surface area (Å²) < 4.78 is 0. The molecule has 25 heavy (non-hydrogen) atoms. The van der Waals surface area contributed by atoms with Gasteiger partial charge >= 0.3 is 0 Å². The highest BCUT2D eigenvalue weighted by Gasteiger charge is 2.24. The molecule has 1 saturated carbocycles. The molecule has 0 aromatic heterocycles. The van der Waals surface area contributed by atoms with Gasteiger partial charge in [-0.15, -0.1) is 0 Å². The minimum absolute atomic E-state index is 0.120. The second-order valence-corrected chi connectivity index (χ2v) is 7.24. The minimum atomic E-state index is 0.120. The molecule has 2 amide bonds. The third-order valence-electron chi connectivity index (χ3n) is 5.08. The molecule has 1 N–H and O–H groups in total. The quantitative estimate of drug-likeness (QED) is 0.781. The average molecular weight is 343 g/mol. The van der Waals surface area contributed by atoms with Crippen LogP contribution in [0.15, 0.2) is 30.3 Å². The maximum atomic E-state index is 12.3. The molecule has 0 atom stereocenters. The normalized spacial score (nSPS) is 18.2. The lowest BCUT2D eigenvalue weighted by atomic mass is 10.1. The molecule has 0 radical (unpaired) electrons. The summed E-state index contributed by atoms with van der Waals surface area (Å²) in [6, 6.07) is 10.3. The van der Waals surface area contributed by atoms with Crippen LogP contribution in [0.3, 0.4) is 0 Å². The molecule has 0 bridgehead atoms. The van der Waals surface area contributed by atoms with Gasteiger partial charge in [0, 0.05) is 39.1 Å². The molecule has 1 aromatic carbocycles. The highest BCUT2D eigenvalue weighted by atomic mass is 16.2. The van der Waals surface area contributed by atoms with Crippen molar-refractivity contribution in [2.45, 2.75) is 32.1 Å². The third-order valence-corrected chi connectivity index (χ3v) is 5.08. The molecule has 136 valence electrons. The van der Waals surface area contributed by atoms with Crippen LogP contribution in [0, 0.1) is 5.92 Å². The van der Waals surface area contributed by atoms with Crippen molar-refractivity contribution in [1.29, 1.82) is 0 Å². The molecule has 1 aliphatic heterocycles. The van der Waals surface area contributed by atoms with E-state index >= 15 is 0 Å². The zero-order chi connectivity index (χ0) is 17.5. The fourth-order valence-electron chi connectivity index (χ4n) is 3.24. The Morgan fingerprint density at radius 1 is 1.04 bits per heavy atom. The maximum Gasteiger partial charge on any atom is 0.234 e. The molecular formula is C20H29N3O2. The largest absolute Gasteiger partial charge is 0.355 e. The summed E-state index contributed by atoms with van der Waals surface area (Å²) in [5.41, 5.74) is 1.29. The van der Waals surface area contributed by atoms with E-state index in [4.69, 9.17) is 0 Å². The van der Waals surface area contributed by atoms with Gasteiger partial charge < -0.3 is 10.2 Å². The number of amides is 2. The van der Waals surface area contributed by atoms with Crippen LogP contribution in [0.1, 0.15) is 31.2 Å². The number of nitrogens with zero attached hydrogens (tertiary/aromatic N) is 2. The number of hydrogen-bond donors (Lipinski definition) is 1. The van der Waals surface area contributed by atoms with Gasteiger partial charge in [0.15, 0.2) is 0 Å². The maximum absolute atomic E-state index is 12.3. The highest BCUT2D eigenvalue weighted by molar-refractivity contribution is 5.78. The topological polar surface area (TPSA) is 52.7 Å². The zero-order valence-corrected chi connectivity index (χ0v) is 15.0. The summed E-state index contributed by atoms with van der Waals surface area (Å²) in [5.74, 6) is 1.08. The van der Waals surface area contributed by atoms with Crippen LogP contribution >= 0.6 is 0 Å². The van der Waals surface area contributed by atoms with Crippen molar-refractivity contribution in [1.82, 2.24) is 15.1 Å². The Hall–Kier alpha value is -1.88. The van der Waals surface area contributed by atoms with Crippen LogP contribution in [0.2, 0.25) is 0 Å². The Morgan fingerprint density at radius 3 is 2.44 bits per heavy atom. The van der Waals surface area contributed by atoms with E-state index in [1.807, 2.05) is 23.1 Å². The molecule has 2 fully saturated rings. The fourth-order valence-corrected chi connectivity index (χ4v) is 3.24. The van der Waals surface area contributed by atoms with Crippen LogP contribution < -0.4 is 5.32 Å². The van der Waals surface area contributed by atoms with E-state index in [0.717, 1.165) is 45.6 Å². The lowest BCUT2D eigenvalue weighted by Crippen LogP contribution is -2.51. The van der Waals surface area contributed by atoms with Gasteiger partial charge in [-0.3, -0.25) is 14.5 Å². The van der Waals surface area contributed by atoms with Gasteiger partial charge in [0.1, 0.15) is 0 Å². The Morgan fingerprint density at radius 2 is 1.76 bits per heavy atom. The van der Waals surface area contributed by atoms with Gasteiger partial charge in [-0.05, 0) is 37.2 Å². The minimum Gasteiger partial charge on any atom is -0.355 e. The number of rotatable bonds is 8. The van der Waals surface area contributed by atoms with Gasteiger partial charge in [-0.1, -0.05) is 30.3 Å². The molecule has 1 heterocycles. The van der Waals surface area contributed by atoms with Gasteiger partial charge in [0.2, 0.25) is 11.8 Å². The van der Waals surface area contributed by atoms with Crippen molar-refractivity contribution < 1.29 is 9.59 Å². The first-order chi connectivity index (χ1) is 12.2. The average Bonchev–Trinajstić information content (AvgIpc) is 3.46. The highest BCUT2D eigenvalue weighted by Crippen LogP contribution is 2.27. The number of piperazine rings is 1. The molecule has 0 spiro atoms. The predicted octanol–water partition coefficient (Wildman–Crippen LogP) is 1.68. The predicted molar refractivity (Wildman–Crippen MR) is 98.1 cm³/mol. The number of nitrogens with one attached hydrogen (secondary N) is 1. The number of benzene rings is 1. The molecule has 2 aliphatic rings. The standard InChI is InChI=1S/C20H29N3O2/c24-19(21-15-18-9-10-18)16-22-11-13-23(14-12-22)20(25)8-4-7-17-5-2-1-3-6-17/h1-3,5-6,18H,4,7-16H2,(H,21,24). The number of hydrogen-bond acceptors (Lipinski definition) is 3. The Balaban J connectivity index is 1.29. The summed E-state index contributed by atoms with van der Waals surface area (Å²) >= 11 is 0.